The molecule has 2 N–H and O–H groups in total. The number of nitrogens with two attached hydrogens (primary N) is 1. The third-order valence-electron chi connectivity index (χ3n) is 4.45. The quantitative estimate of drug-likeness (QED) is 0.529. The molecule has 2 aromatic heterocycles. The molecule has 0 aliphatic carbocycles. The summed E-state index contributed by atoms with van der Waals surface area (Å²) < 4.78 is 22.1. The average Bonchev–Trinajstić information content (AvgIpc) is 3.30. The molecule has 4 rings (SSSR count). The van der Waals surface area contributed by atoms with Gasteiger partial charge in [-0.1, -0.05) is 42.0 Å². The van der Waals surface area contributed by atoms with Crippen LogP contribution in [0.1, 0.15) is 15.9 Å². The third kappa shape index (κ3) is 4.95. The fourth-order valence-electron chi connectivity index (χ4n) is 2.95. The van der Waals surface area contributed by atoms with Crippen molar-refractivity contribution in [3.8, 4) is 33.8 Å². The number of benzene rings is 2. The first-order valence-corrected chi connectivity index (χ1v) is 9.63. The fourth-order valence-corrected chi connectivity index (χ4v) is 2.95. The number of hydrogen-bond donors (Lipinski definition) is 1. The second kappa shape index (κ2) is 9.58. The Morgan fingerprint density at radius 2 is 1.47 bits per heavy atom. The third-order valence-corrected chi connectivity index (χ3v) is 4.45. The average molecular weight is 418 g/mol. The Labute approximate surface area is 177 Å². The lowest BCUT2D eigenvalue weighted by molar-refractivity contribution is 0.100. The highest BCUT2D eigenvalue weighted by molar-refractivity contribution is 7.51. The normalized spacial score (nSPS) is 10.0. The van der Waals surface area contributed by atoms with E-state index in [4.69, 9.17) is 23.6 Å². The van der Waals surface area contributed by atoms with Gasteiger partial charge in [0.2, 0.25) is 5.91 Å². The Balaban J connectivity index is 0.000000806. The van der Waals surface area contributed by atoms with E-state index in [2.05, 4.69) is 31.2 Å². The van der Waals surface area contributed by atoms with Crippen molar-refractivity contribution in [3.63, 3.8) is 0 Å². The second-order valence-corrected chi connectivity index (χ2v) is 6.62. The molecule has 0 fully saturated rings. The topological polar surface area (TPSA) is 103 Å². The van der Waals surface area contributed by atoms with Crippen molar-refractivity contribution in [2.75, 3.05) is 0 Å². The molecule has 6 nitrogen and oxygen atoms in total. The van der Waals surface area contributed by atoms with Crippen molar-refractivity contribution in [1.82, 2.24) is 4.98 Å². The van der Waals surface area contributed by atoms with Gasteiger partial charge < -0.3 is 10.2 Å². The first kappa shape index (κ1) is 20.9. The Bertz CT molecular complexity index is 1180. The number of primary amides is 1. The minimum absolute atomic E-state index is 0.437. The van der Waals surface area contributed by atoms with Crippen LogP contribution in [0.3, 0.4) is 0 Å². The summed E-state index contributed by atoms with van der Waals surface area (Å²) in [7, 11) is 0. The lowest BCUT2D eigenvalue weighted by Crippen LogP contribution is -2.10. The summed E-state index contributed by atoms with van der Waals surface area (Å²) in [5.41, 5.74) is 11.6. The van der Waals surface area contributed by atoms with Crippen LogP contribution in [-0.4, -0.2) is 19.3 Å². The van der Waals surface area contributed by atoms with Crippen molar-refractivity contribution in [2.45, 2.75) is 6.92 Å². The second-order valence-electron chi connectivity index (χ2n) is 6.48. The molecule has 7 heteroatoms. The zero-order valence-electron chi connectivity index (χ0n) is 16.1. The highest BCUT2D eigenvalue weighted by Gasteiger charge is 2.11. The zero-order chi connectivity index (χ0) is 21.5. The molecule has 2 aromatic carbocycles. The van der Waals surface area contributed by atoms with Crippen molar-refractivity contribution in [2.24, 2.45) is 5.73 Å². The molecule has 0 atom stereocenters. The van der Waals surface area contributed by atoms with Crippen molar-refractivity contribution < 1.29 is 17.6 Å². The number of nitrogens with zero attached hydrogens (tertiary/aromatic N) is 1. The van der Waals surface area contributed by atoms with Crippen LogP contribution in [0.4, 0.5) is 0 Å². The van der Waals surface area contributed by atoms with Crippen LogP contribution in [0.2, 0.25) is 0 Å². The maximum absolute atomic E-state index is 11.3. The molecule has 0 aliphatic heterocycles. The Hall–Kier alpha value is -3.84. The minimum Gasteiger partial charge on any atom is -0.463 e. The van der Waals surface area contributed by atoms with E-state index >= 15 is 0 Å². The Morgan fingerprint density at radius 3 is 2.03 bits per heavy atom. The van der Waals surface area contributed by atoms with Gasteiger partial charge in [0.1, 0.15) is 5.69 Å². The summed E-state index contributed by atoms with van der Waals surface area (Å²) in [4.78, 5) is 16.1. The molecule has 0 saturated carbocycles. The first-order valence-electron chi connectivity index (χ1n) is 8.97. The molecule has 4 aromatic rings. The van der Waals surface area contributed by atoms with Gasteiger partial charge in [0, 0.05) is 11.1 Å². The first-order chi connectivity index (χ1) is 14.5. The number of amides is 1. The van der Waals surface area contributed by atoms with E-state index in [1.54, 1.807) is 18.4 Å². The van der Waals surface area contributed by atoms with Crippen LogP contribution < -0.4 is 5.73 Å². The SMILES string of the molecule is Cc1ccc(-c2cc(-c3ccc(C(N)=O)cc3)cc(-c3ccco3)n2)cc1.O=S=O. The summed E-state index contributed by atoms with van der Waals surface area (Å²) in [6, 6.07) is 23.3. The smallest absolute Gasteiger partial charge is 0.335 e. The molecule has 0 radical (unpaired) electrons. The van der Waals surface area contributed by atoms with Crippen LogP contribution in [0.15, 0.2) is 83.5 Å². The van der Waals surface area contributed by atoms with Gasteiger partial charge in [-0.15, -0.1) is 0 Å². The summed E-state index contributed by atoms with van der Waals surface area (Å²) in [5, 5.41) is 0. The monoisotopic (exact) mass is 418 g/mol. The maximum Gasteiger partial charge on any atom is 0.335 e. The van der Waals surface area contributed by atoms with Crippen molar-refractivity contribution in [3.05, 3.63) is 90.2 Å². The van der Waals surface area contributed by atoms with E-state index in [1.165, 1.54) is 5.56 Å². The van der Waals surface area contributed by atoms with Gasteiger partial charge in [0.05, 0.1) is 12.0 Å². The van der Waals surface area contributed by atoms with Gasteiger partial charge in [0.15, 0.2) is 5.76 Å². The van der Waals surface area contributed by atoms with Crippen LogP contribution in [0.25, 0.3) is 33.8 Å². The highest BCUT2D eigenvalue weighted by atomic mass is 32.1. The van der Waals surface area contributed by atoms with Crippen LogP contribution in [-0.2, 0) is 11.6 Å². The zero-order valence-corrected chi connectivity index (χ0v) is 16.9. The van der Waals surface area contributed by atoms with Crippen LogP contribution >= 0.6 is 0 Å². The summed E-state index contributed by atoms with van der Waals surface area (Å²) in [5.74, 6) is 0.270. The molecule has 2 heterocycles. The number of aromatic nitrogens is 1. The molecule has 30 heavy (non-hydrogen) atoms. The molecular weight excluding hydrogens is 400 g/mol. The van der Waals surface area contributed by atoms with Gasteiger partial charge in [-0.3, -0.25) is 4.79 Å². The molecular formula is C23H18N2O4S. The van der Waals surface area contributed by atoms with Gasteiger partial charge in [-0.2, -0.15) is 8.42 Å². The fraction of sp³-hybridized carbons (Fsp3) is 0.0435. The summed E-state index contributed by atoms with van der Waals surface area (Å²) >= 11 is -0.750. The number of carbonyl (C=O) groups excluding carboxylic acids is 1. The van der Waals surface area contributed by atoms with Gasteiger partial charge >= 0.3 is 11.6 Å². The number of furan rings is 1. The summed E-state index contributed by atoms with van der Waals surface area (Å²) in [6.07, 6.45) is 1.64. The van der Waals surface area contributed by atoms with Gasteiger partial charge in [-0.05, 0) is 54.4 Å². The van der Waals surface area contributed by atoms with Gasteiger partial charge in [-0.25, -0.2) is 4.98 Å². The number of rotatable bonds is 4. The van der Waals surface area contributed by atoms with E-state index in [0.29, 0.717) is 11.3 Å². The maximum atomic E-state index is 11.3. The molecule has 0 spiro atoms. The molecule has 0 saturated heterocycles. The Kier molecular flexibility index (Phi) is 6.67. The molecule has 0 aliphatic rings. The minimum atomic E-state index is -0.750. The predicted octanol–water partition coefficient (Wildman–Crippen LogP) is 4.41. The van der Waals surface area contributed by atoms with E-state index in [0.717, 1.165) is 28.1 Å². The van der Waals surface area contributed by atoms with Crippen LogP contribution in [0.5, 0.6) is 0 Å². The number of hydrogen-bond acceptors (Lipinski definition) is 5. The van der Waals surface area contributed by atoms with Crippen molar-refractivity contribution >= 4 is 17.5 Å². The van der Waals surface area contributed by atoms with Crippen LogP contribution in [0, 0.1) is 6.92 Å². The Morgan fingerprint density at radius 1 is 0.867 bits per heavy atom. The number of pyridine rings is 1. The number of aryl methyl sites for hydroxylation is 1. The van der Waals surface area contributed by atoms with Gasteiger partial charge in [0.25, 0.3) is 0 Å². The van der Waals surface area contributed by atoms with Crippen molar-refractivity contribution in [1.29, 1.82) is 0 Å². The van der Waals surface area contributed by atoms with E-state index in [-0.39, 0.29) is 0 Å². The lowest BCUT2D eigenvalue weighted by atomic mass is 10.00. The highest BCUT2D eigenvalue weighted by Crippen LogP contribution is 2.30. The largest absolute Gasteiger partial charge is 0.463 e. The standard InChI is InChI=1S/C23H18N2O2.O2S/c1-15-4-6-17(7-5-15)20-13-19(14-21(25-20)22-3-2-12-27-22)16-8-10-18(11-9-16)23(24)26;1-3-2/h2-14H,1H3,(H2,24,26);. The van der Waals surface area contributed by atoms with E-state index < -0.39 is 17.5 Å². The predicted molar refractivity (Wildman–Crippen MR) is 115 cm³/mol. The molecule has 0 bridgehead atoms. The summed E-state index contributed by atoms with van der Waals surface area (Å²) in [6.45, 7) is 2.06. The molecule has 150 valence electrons. The molecule has 0 unspecified atom stereocenters. The van der Waals surface area contributed by atoms with E-state index in [9.17, 15) is 4.79 Å². The number of carbonyl (C=O) groups is 1. The lowest BCUT2D eigenvalue weighted by Gasteiger charge is -2.09. The van der Waals surface area contributed by atoms with E-state index in [1.807, 2.05) is 36.4 Å². The molecule has 1 amide bonds.